The number of methoxy groups -OCH3 is 1. The summed E-state index contributed by atoms with van der Waals surface area (Å²) in [7, 11) is -2.36. The van der Waals surface area contributed by atoms with Crippen LogP contribution in [0.5, 0.6) is 11.5 Å². The number of carbonyl (C=O) groups excluding carboxylic acids is 5. The number of benzene rings is 1. The number of nitrogens with zero attached hydrogens (tertiary/aromatic N) is 3. The van der Waals surface area contributed by atoms with Crippen molar-refractivity contribution in [2.45, 2.75) is 120 Å². The molecule has 3 aliphatic heterocycles. The molecule has 1 aromatic carbocycles. The number of sulfonamides is 1. The molecule has 2 saturated heterocycles. The summed E-state index contributed by atoms with van der Waals surface area (Å²) >= 11 is 0. The summed E-state index contributed by atoms with van der Waals surface area (Å²) in [4.78, 5) is 77.4. The molecule has 4 heterocycles. The Morgan fingerprint density at radius 3 is 2.49 bits per heavy atom. The van der Waals surface area contributed by atoms with Crippen molar-refractivity contribution in [2.24, 2.45) is 17.3 Å². The van der Waals surface area contributed by atoms with Crippen LogP contribution in [0, 0.1) is 17.3 Å². The maximum absolute atomic E-state index is 15.0. The summed E-state index contributed by atoms with van der Waals surface area (Å²) in [6.45, 7) is 8.33. The van der Waals surface area contributed by atoms with Crippen molar-refractivity contribution in [3.63, 3.8) is 0 Å². The Balaban J connectivity index is 1.18. The molecular weight excluding hydrogens is 809 g/mol. The fraction of sp³-hybridized carbons (Fsp3) is 0.628. The molecule has 3 saturated carbocycles. The molecule has 3 N–H and O–H groups in total. The van der Waals surface area contributed by atoms with Gasteiger partial charge in [-0.15, -0.1) is 6.58 Å². The molecule has 5 amide bonds. The highest BCUT2D eigenvalue weighted by atomic mass is 32.2. The first-order valence-corrected chi connectivity index (χ1v) is 23.0. The van der Waals surface area contributed by atoms with Gasteiger partial charge < -0.3 is 34.5 Å². The number of anilines is 1. The number of nitrogens with one attached hydrogen (secondary N) is 3. The van der Waals surface area contributed by atoms with Crippen LogP contribution in [-0.4, -0.2) is 111 Å². The van der Waals surface area contributed by atoms with Crippen LogP contribution in [0.4, 0.5) is 15.4 Å². The molecule has 6 aliphatic rings. The molecule has 18 heteroatoms. The zero-order chi connectivity index (χ0) is 43.3. The van der Waals surface area contributed by atoms with Crippen LogP contribution in [0.25, 0.3) is 10.9 Å². The lowest BCUT2D eigenvalue weighted by atomic mass is 9.83. The third-order valence-corrected chi connectivity index (χ3v) is 15.0. The zero-order valence-electron chi connectivity index (χ0n) is 35.0. The van der Waals surface area contributed by atoms with E-state index in [0.717, 1.165) is 31.2 Å². The van der Waals surface area contributed by atoms with E-state index in [9.17, 15) is 27.6 Å². The van der Waals surface area contributed by atoms with Crippen molar-refractivity contribution in [2.75, 3.05) is 38.3 Å². The third-order valence-electron chi connectivity index (χ3n) is 13.1. The Hall–Kier alpha value is -5.13. The Morgan fingerprint density at radius 2 is 1.82 bits per heavy atom. The molecule has 5 fully saturated rings. The number of hydrogen-bond donors (Lipinski definition) is 3. The maximum atomic E-state index is 15.0. The highest BCUT2D eigenvalue weighted by molar-refractivity contribution is 7.91. The number of amides is 5. The maximum Gasteiger partial charge on any atom is 0.415 e. The number of rotatable bonds is 9. The number of hydrogen-bond acceptors (Lipinski definition) is 12. The van der Waals surface area contributed by atoms with Gasteiger partial charge in [-0.1, -0.05) is 39.2 Å². The van der Waals surface area contributed by atoms with E-state index in [1.165, 1.54) is 15.9 Å². The number of aryl methyl sites for hydroxylation is 1. The standard InChI is InChI=1S/C43H56N6O11S/c1-5-27-22-43(27,39(52)47-61(55,56)29-13-14-29)46-37(50)32-19-28-23-49(32)38(51)36(25-10-7-6-8-11-25)45-40(53)59-24-42(2,3)15-9-12-26-18-30-31(20-33(26)57-4)44-35(21-34(30)60-28)48-16-17-58-41(48)54/h5,18,20-21,25,27-29,32,36H,1,6-17,19,22-24H2,2-4H3,(H,45,53)(H,46,50)(H,47,52)/t27-,28-,32+,36+,43?/m1/s1. The Kier molecular flexibility index (Phi) is 11.6. The fourth-order valence-corrected chi connectivity index (χ4v) is 10.7. The van der Waals surface area contributed by atoms with Crippen molar-refractivity contribution >= 4 is 56.7 Å². The van der Waals surface area contributed by atoms with Gasteiger partial charge in [-0.25, -0.2) is 23.0 Å². The summed E-state index contributed by atoms with van der Waals surface area (Å²) in [5.41, 5.74) is -0.623. The molecule has 5 atom stereocenters. The first-order valence-electron chi connectivity index (χ1n) is 21.5. The van der Waals surface area contributed by atoms with Gasteiger partial charge in [0.2, 0.25) is 21.8 Å². The number of carbonyl (C=O) groups is 5. The lowest BCUT2D eigenvalue weighted by Crippen LogP contribution is -2.59. The zero-order valence-corrected chi connectivity index (χ0v) is 35.9. The second-order valence-electron chi connectivity index (χ2n) is 18.2. The number of fused-ring (bicyclic) bond motifs is 3. The van der Waals surface area contributed by atoms with Gasteiger partial charge in [-0.3, -0.25) is 24.0 Å². The van der Waals surface area contributed by atoms with E-state index < -0.39 is 80.2 Å². The number of pyridine rings is 1. The Labute approximate surface area is 355 Å². The largest absolute Gasteiger partial charge is 0.496 e. The van der Waals surface area contributed by atoms with Crippen LogP contribution in [-0.2, 0) is 40.3 Å². The molecule has 17 nitrogen and oxygen atoms in total. The summed E-state index contributed by atoms with van der Waals surface area (Å²) in [6, 6.07) is 3.21. The topological polar surface area (TPSA) is 212 Å². The van der Waals surface area contributed by atoms with E-state index in [1.807, 2.05) is 19.9 Å². The lowest BCUT2D eigenvalue weighted by Gasteiger charge is -2.35. The third kappa shape index (κ3) is 8.82. The van der Waals surface area contributed by atoms with Crippen LogP contribution in [0.2, 0.25) is 0 Å². The molecule has 4 bridgehead atoms. The van der Waals surface area contributed by atoms with Crippen molar-refractivity contribution in [1.29, 1.82) is 0 Å². The highest BCUT2D eigenvalue weighted by Gasteiger charge is 2.62. The predicted octanol–water partition coefficient (Wildman–Crippen LogP) is 4.26. The Bertz CT molecular complexity index is 2220. The number of cyclic esters (lactones) is 2. The van der Waals surface area contributed by atoms with Crippen LogP contribution in [0.3, 0.4) is 0 Å². The SMILES string of the molecule is C=C[C@@H]1CC1(NC(=O)[C@@H]1C[C@@H]2CN1C(=O)[C@H](C1CCCCC1)NC(=O)OCC(C)(C)CCCc1cc3c(cc(N4CCOC4=O)nc3cc1OC)O2)C(=O)NS(=O)(=O)C1CC1. The normalized spacial score (nSPS) is 28.5. The molecule has 1 aromatic heterocycles. The van der Waals surface area contributed by atoms with Gasteiger partial charge in [-0.2, -0.15) is 0 Å². The van der Waals surface area contributed by atoms with E-state index in [0.29, 0.717) is 66.7 Å². The van der Waals surface area contributed by atoms with Crippen LogP contribution >= 0.6 is 0 Å². The van der Waals surface area contributed by atoms with Gasteiger partial charge in [0.25, 0.3) is 5.91 Å². The van der Waals surface area contributed by atoms with Crippen molar-refractivity contribution in [1.82, 2.24) is 25.2 Å². The van der Waals surface area contributed by atoms with Crippen molar-refractivity contribution in [3.05, 3.63) is 36.4 Å². The van der Waals surface area contributed by atoms with Crippen molar-refractivity contribution < 1.29 is 51.3 Å². The molecule has 0 radical (unpaired) electrons. The van der Waals surface area contributed by atoms with E-state index in [1.54, 1.807) is 19.2 Å². The molecule has 61 heavy (non-hydrogen) atoms. The van der Waals surface area contributed by atoms with Gasteiger partial charge in [0.15, 0.2) is 0 Å². The van der Waals surface area contributed by atoms with Crippen molar-refractivity contribution in [3.8, 4) is 11.5 Å². The summed E-state index contributed by atoms with van der Waals surface area (Å²) in [6.07, 6.45) is 6.59. The van der Waals surface area contributed by atoms with Gasteiger partial charge in [-0.05, 0) is 74.3 Å². The monoisotopic (exact) mass is 864 g/mol. The minimum Gasteiger partial charge on any atom is -0.496 e. The molecule has 2 aromatic rings. The van der Waals surface area contributed by atoms with E-state index in [2.05, 4.69) is 21.9 Å². The van der Waals surface area contributed by atoms with Crippen LogP contribution in [0.1, 0.15) is 90.0 Å². The van der Waals surface area contributed by atoms with Crippen LogP contribution < -0.4 is 29.7 Å². The fourth-order valence-electron chi connectivity index (χ4n) is 9.34. The second-order valence-corrected chi connectivity index (χ2v) is 20.2. The summed E-state index contributed by atoms with van der Waals surface area (Å²) in [5, 5.41) is 5.71. The van der Waals surface area contributed by atoms with Crippen LogP contribution in [0.15, 0.2) is 30.9 Å². The molecule has 1 unspecified atom stereocenters. The van der Waals surface area contributed by atoms with E-state index >= 15 is 4.79 Å². The van der Waals surface area contributed by atoms with Gasteiger partial charge in [0.05, 0.1) is 37.6 Å². The smallest absolute Gasteiger partial charge is 0.415 e. The minimum atomic E-state index is -3.94. The summed E-state index contributed by atoms with van der Waals surface area (Å²) in [5.74, 6) is -1.54. The lowest BCUT2D eigenvalue weighted by molar-refractivity contribution is -0.142. The minimum absolute atomic E-state index is 0.0155. The second kappa shape index (κ2) is 16.6. The average molecular weight is 865 g/mol. The number of aromatic nitrogens is 1. The number of ether oxygens (including phenoxy) is 4. The van der Waals surface area contributed by atoms with Gasteiger partial charge >= 0.3 is 12.2 Å². The first kappa shape index (κ1) is 42.6. The quantitative estimate of drug-likeness (QED) is 0.302. The molecule has 3 aliphatic carbocycles. The highest BCUT2D eigenvalue weighted by Crippen LogP contribution is 2.46. The molecule has 0 spiro atoms. The summed E-state index contributed by atoms with van der Waals surface area (Å²) < 4.78 is 51.6. The molecule has 8 rings (SSSR count). The average Bonchev–Trinajstić information content (AvgIpc) is 4.13. The molecular formula is C43H56N6O11S. The van der Waals surface area contributed by atoms with E-state index in [-0.39, 0.29) is 45.1 Å². The van der Waals surface area contributed by atoms with E-state index in [4.69, 9.17) is 23.9 Å². The first-order chi connectivity index (χ1) is 29.1. The predicted molar refractivity (Wildman–Crippen MR) is 222 cm³/mol. The number of alkyl carbamates (subject to hydrolysis) is 1. The Morgan fingerprint density at radius 1 is 1.05 bits per heavy atom. The van der Waals surface area contributed by atoms with Gasteiger partial charge in [0.1, 0.15) is 47.7 Å². The molecule has 330 valence electrons. The van der Waals surface area contributed by atoms with Gasteiger partial charge in [0, 0.05) is 29.9 Å².